The molecular formula is C28H36N4O4SSi. The Morgan fingerprint density at radius 3 is 2.55 bits per heavy atom. The number of aryl methyl sites for hydroxylation is 2. The van der Waals surface area contributed by atoms with Gasteiger partial charge >= 0.3 is 0 Å². The fourth-order valence-electron chi connectivity index (χ4n) is 5.30. The highest BCUT2D eigenvalue weighted by atomic mass is 32.2. The van der Waals surface area contributed by atoms with Crippen LogP contribution < -0.4 is 14.4 Å². The number of anilines is 1. The van der Waals surface area contributed by atoms with E-state index in [0.29, 0.717) is 28.6 Å². The van der Waals surface area contributed by atoms with Crippen LogP contribution in [-0.4, -0.2) is 73.1 Å². The molecule has 2 atom stereocenters. The molecule has 1 aliphatic carbocycles. The first-order valence-electron chi connectivity index (χ1n) is 13.0. The maximum absolute atomic E-state index is 13.7. The van der Waals surface area contributed by atoms with Gasteiger partial charge in [-0.25, -0.2) is 8.42 Å². The minimum atomic E-state index is -3.47. The number of rotatable bonds is 8. The van der Waals surface area contributed by atoms with E-state index in [2.05, 4.69) is 22.2 Å². The predicted octanol–water partition coefficient (Wildman–Crippen LogP) is 2.44. The number of amides is 1. The Kier molecular flexibility index (Phi) is 6.77. The van der Waals surface area contributed by atoms with E-state index in [-0.39, 0.29) is 11.6 Å². The van der Waals surface area contributed by atoms with Crippen molar-refractivity contribution < 1.29 is 17.9 Å². The van der Waals surface area contributed by atoms with Gasteiger partial charge in [0.1, 0.15) is 5.75 Å². The Labute approximate surface area is 227 Å². The lowest BCUT2D eigenvalue weighted by Crippen LogP contribution is -2.53. The number of sulfonamides is 1. The lowest BCUT2D eigenvalue weighted by molar-refractivity contribution is 0.0562. The number of benzene rings is 2. The second-order valence-electron chi connectivity index (χ2n) is 10.9. The van der Waals surface area contributed by atoms with Gasteiger partial charge in [0.25, 0.3) is 5.91 Å². The molecule has 0 spiro atoms. The van der Waals surface area contributed by atoms with Crippen molar-refractivity contribution >= 4 is 42.8 Å². The van der Waals surface area contributed by atoms with Crippen molar-refractivity contribution in [3.63, 3.8) is 0 Å². The zero-order valence-corrected chi connectivity index (χ0v) is 25.7. The average molecular weight is 553 g/mol. The number of hydrogen-bond acceptors (Lipinski definition) is 6. The molecule has 3 aromatic rings. The fourth-order valence-corrected chi connectivity index (χ4v) is 6.91. The second kappa shape index (κ2) is 9.66. The topological polar surface area (TPSA) is 91.8 Å². The smallest absolute Gasteiger partial charge is 0.252 e. The summed E-state index contributed by atoms with van der Waals surface area (Å²) in [6.07, 6.45) is 3.85. The molecule has 10 heteroatoms. The second-order valence-corrected chi connectivity index (χ2v) is 14.1. The summed E-state index contributed by atoms with van der Waals surface area (Å²) in [7, 11) is 1.09. The van der Waals surface area contributed by atoms with Crippen molar-refractivity contribution in [2.24, 2.45) is 0 Å². The third-order valence-electron chi connectivity index (χ3n) is 8.07. The molecule has 1 aliphatic heterocycles. The Balaban J connectivity index is 1.46. The number of fused-ring (bicyclic) bond motifs is 1. The van der Waals surface area contributed by atoms with Gasteiger partial charge in [0.2, 0.25) is 10.0 Å². The van der Waals surface area contributed by atoms with E-state index in [9.17, 15) is 13.2 Å². The van der Waals surface area contributed by atoms with Crippen molar-refractivity contribution in [3.05, 3.63) is 64.8 Å². The summed E-state index contributed by atoms with van der Waals surface area (Å²) in [6, 6.07) is 13.8. The van der Waals surface area contributed by atoms with E-state index >= 15 is 0 Å². The number of nitrogens with one attached hydrogen (secondary N) is 1. The largest absolute Gasteiger partial charge is 0.494 e. The highest BCUT2D eigenvalue weighted by Gasteiger charge is 2.47. The molecule has 0 bridgehead atoms. The van der Waals surface area contributed by atoms with Gasteiger partial charge in [0.05, 0.1) is 39.0 Å². The molecule has 38 heavy (non-hydrogen) atoms. The third kappa shape index (κ3) is 5.04. The van der Waals surface area contributed by atoms with Gasteiger partial charge in [0, 0.05) is 29.7 Å². The number of carbonyl (C=O) groups excluding carboxylic acids is 1. The summed E-state index contributed by atoms with van der Waals surface area (Å²) >= 11 is 0. The monoisotopic (exact) mass is 552 g/mol. The number of aromatic nitrogens is 1. The van der Waals surface area contributed by atoms with E-state index in [1.165, 1.54) is 17.6 Å². The fraction of sp³-hybridized carbons (Fsp3) is 0.429. The van der Waals surface area contributed by atoms with Crippen LogP contribution in [0.25, 0.3) is 10.9 Å². The van der Waals surface area contributed by atoms with Gasteiger partial charge in [-0.1, -0.05) is 12.1 Å². The summed E-state index contributed by atoms with van der Waals surface area (Å²) in [6.45, 7) is 4.94. The number of likely N-dealkylation sites (N-methyl/N-ethyl adjacent to an activating group) is 1. The number of carbonyl (C=O) groups is 1. The molecule has 2 heterocycles. The first-order chi connectivity index (χ1) is 17.9. The zero-order valence-electron chi connectivity index (χ0n) is 22.9. The molecule has 8 nitrogen and oxygen atoms in total. The van der Waals surface area contributed by atoms with E-state index in [0.717, 1.165) is 58.3 Å². The SMILES string of the molecule is Cc1ccc2c(C3(NC(=O)c4cc(O[C@@H]([SiH3])[C@@H]5CCN5C)ccc4C)CC3)cc(N(C)S(C)(=O)=O)cc2n1. The molecule has 5 rings (SSSR count). The van der Waals surface area contributed by atoms with Crippen molar-refractivity contribution in [3.8, 4) is 5.75 Å². The van der Waals surface area contributed by atoms with Crippen LogP contribution in [0, 0.1) is 13.8 Å². The van der Waals surface area contributed by atoms with Gasteiger partial charge in [-0.15, -0.1) is 0 Å². The molecular weight excluding hydrogens is 516 g/mol. The lowest BCUT2D eigenvalue weighted by atomic mass is 9.97. The summed E-state index contributed by atoms with van der Waals surface area (Å²) in [5.41, 5.74) is 4.01. The third-order valence-corrected chi connectivity index (χ3v) is 10.3. The van der Waals surface area contributed by atoms with Crippen LogP contribution in [-0.2, 0) is 15.6 Å². The van der Waals surface area contributed by atoms with Crippen LogP contribution in [0.1, 0.15) is 46.4 Å². The van der Waals surface area contributed by atoms with E-state index in [1.54, 1.807) is 6.07 Å². The summed E-state index contributed by atoms with van der Waals surface area (Å²) in [4.78, 5) is 20.7. The lowest BCUT2D eigenvalue weighted by Gasteiger charge is -2.41. The predicted molar refractivity (Wildman–Crippen MR) is 155 cm³/mol. The number of hydrogen-bond donors (Lipinski definition) is 1. The van der Waals surface area contributed by atoms with Crippen LogP contribution in [0.2, 0.25) is 0 Å². The van der Waals surface area contributed by atoms with Crippen LogP contribution in [0.3, 0.4) is 0 Å². The van der Waals surface area contributed by atoms with Crippen LogP contribution >= 0.6 is 0 Å². The molecule has 2 aliphatic rings. The molecule has 1 saturated heterocycles. The molecule has 1 saturated carbocycles. The van der Waals surface area contributed by atoms with Crippen molar-refractivity contribution in [1.82, 2.24) is 15.2 Å². The molecule has 1 amide bonds. The number of ether oxygens (including phenoxy) is 1. The maximum atomic E-state index is 13.7. The highest BCUT2D eigenvalue weighted by molar-refractivity contribution is 7.92. The van der Waals surface area contributed by atoms with Gasteiger partial charge in [0.15, 0.2) is 0 Å². The number of nitrogens with zero attached hydrogens (tertiary/aromatic N) is 3. The van der Waals surface area contributed by atoms with Gasteiger partial charge in [-0.3, -0.25) is 14.1 Å². The summed E-state index contributed by atoms with van der Waals surface area (Å²) < 4.78 is 32.2. The molecule has 2 aromatic carbocycles. The van der Waals surface area contributed by atoms with Gasteiger partial charge in [-0.2, -0.15) is 0 Å². The Morgan fingerprint density at radius 1 is 1.21 bits per heavy atom. The first-order valence-corrected chi connectivity index (χ1v) is 16.0. The summed E-state index contributed by atoms with van der Waals surface area (Å²) in [5.74, 6) is 0.555. The van der Waals surface area contributed by atoms with E-state index in [1.807, 2.05) is 50.2 Å². The number of likely N-dealkylation sites (tertiary alicyclic amines) is 1. The van der Waals surface area contributed by atoms with Crippen molar-refractivity contribution in [2.75, 3.05) is 31.2 Å². The average Bonchev–Trinajstić information content (AvgIpc) is 3.62. The molecule has 1 aromatic heterocycles. The standard InChI is InChI=1S/C28H36N4O4SSi/c1-17-6-8-20(36-27(38)25-10-13-31(25)3)16-22(17)26(33)30-28(11-12-28)23-14-19(32(4)37(5,34)35)15-24-21(23)9-7-18(2)29-24/h6-9,14-16,25,27H,10-13H2,1-5,38H3,(H,30,33)/t25-,27-/m0/s1. The van der Waals surface area contributed by atoms with Gasteiger partial charge < -0.3 is 15.0 Å². The Hall–Kier alpha value is -2.95. The zero-order chi connectivity index (χ0) is 27.4. The maximum Gasteiger partial charge on any atom is 0.252 e. The van der Waals surface area contributed by atoms with E-state index in [4.69, 9.17) is 4.74 Å². The molecule has 1 N–H and O–H groups in total. The van der Waals surface area contributed by atoms with E-state index < -0.39 is 15.6 Å². The highest BCUT2D eigenvalue weighted by Crippen LogP contribution is 2.49. The number of pyridine rings is 1. The minimum Gasteiger partial charge on any atom is -0.494 e. The molecule has 0 unspecified atom stereocenters. The first kappa shape index (κ1) is 26.6. The Morgan fingerprint density at radius 2 is 1.95 bits per heavy atom. The quantitative estimate of drug-likeness (QED) is 0.432. The molecule has 0 radical (unpaired) electrons. The van der Waals surface area contributed by atoms with Crippen molar-refractivity contribution in [2.45, 2.75) is 50.4 Å². The summed E-state index contributed by atoms with van der Waals surface area (Å²) in [5, 5.41) is 4.21. The van der Waals surface area contributed by atoms with Crippen LogP contribution in [0.15, 0.2) is 42.5 Å². The molecule has 202 valence electrons. The molecule has 2 fully saturated rings. The van der Waals surface area contributed by atoms with Crippen LogP contribution in [0.5, 0.6) is 5.75 Å². The minimum absolute atomic E-state index is 0.161. The normalized spacial score (nSPS) is 19.6. The van der Waals surface area contributed by atoms with Crippen molar-refractivity contribution in [1.29, 1.82) is 0 Å². The van der Waals surface area contributed by atoms with Gasteiger partial charge in [-0.05, 0) is 88.2 Å². The Bertz CT molecular complexity index is 1520. The van der Waals surface area contributed by atoms with Crippen LogP contribution in [0.4, 0.5) is 5.69 Å².